The van der Waals surface area contributed by atoms with Gasteiger partial charge < -0.3 is 5.32 Å². The Morgan fingerprint density at radius 2 is 2.16 bits per heavy atom. The summed E-state index contributed by atoms with van der Waals surface area (Å²) in [7, 11) is 2.05. The molecule has 0 saturated carbocycles. The molecule has 1 aromatic carbocycles. The second kappa shape index (κ2) is 5.55. The minimum Gasteiger partial charge on any atom is -0.316 e. The van der Waals surface area contributed by atoms with E-state index in [-0.39, 0.29) is 0 Å². The van der Waals surface area contributed by atoms with Crippen LogP contribution in [0.2, 0.25) is 0 Å². The van der Waals surface area contributed by atoms with Gasteiger partial charge in [-0.25, -0.2) is 4.68 Å². The van der Waals surface area contributed by atoms with Gasteiger partial charge in [0.25, 0.3) is 0 Å². The summed E-state index contributed by atoms with van der Waals surface area (Å²) in [5, 5.41) is 7.59. The maximum absolute atomic E-state index is 4.24. The number of nitrogens with one attached hydrogen (secondary N) is 1. The first-order valence-electron chi connectivity index (χ1n) is 6.84. The molecule has 1 fully saturated rings. The largest absolute Gasteiger partial charge is 0.316 e. The van der Waals surface area contributed by atoms with Gasteiger partial charge in [-0.3, -0.25) is 4.90 Å². The second-order valence-corrected chi connectivity index (χ2v) is 5.13. The summed E-state index contributed by atoms with van der Waals surface area (Å²) >= 11 is 0. The summed E-state index contributed by atoms with van der Waals surface area (Å²) in [5.74, 6) is 0. The molecule has 0 amide bonds. The first kappa shape index (κ1) is 12.4. The highest BCUT2D eigenvalue weighted by Gasteiger charge is 2.20. The fourth-order valence-corrected chi connectivity index (χ4v) is 2.65. The molecule has 1 unspecified atom stereocenters. The van der Waals surface area contributed by atoms with Crippen molar-refractivity contribution in [1.82, 2.24) is 20.0 Å². The monoisotopic (exact) mass is 256 g/mol. The molecule has 3 rings (SSSR count). The molecule has 4 heteroatoms. The first-order chi connectivity index (χ1) is 9.35. The zero-order valence-electron chi connectivity index (χ0n) is 11.3. The molecule has 2 aromatic rings. The average molecular weight is 256 g/mol. The molecule has 0 spiro atoms. The lowest BCUT2D eigenvalue weighted by Crippen LogP contribution is -2.29. The van der Waals surface area contributed by atoms with Gasteiger partial charge in [0.1, 0.15) is 0 Å². The van der Waals surface area contributed by atoms with Crippen molar-refractivity contribution in [2.75, 3.05) is 20.1 Å². The van der Waals surface area contributed by atoms with Gasteiger partial charge in [0.2, 0.25) is 0 Å². The fourth-order valence-electron chi connectivity index (χ4n) is 2.65. The molecular formula is C15H20N4. The van der Waals surface area contributed by atoms with E-state index in [9.17, 15) is 0 Å². The van der Waals surface area contributed by atoms with Crippen LogP contribution < -0.4 is 5.32 Å². The van der Waals surface area contributed by atoms with Crippen LogP contribution in [0.4, 0.5) is 0 Å². The molecule has 1 saturated heterocycles. The van der Waals surface area contributed by atoms with Crippen LogP contribution in [-0.4, -0.2) is 40.9 Å². The van der Waals surface area contributed by atoms with E-state index in [2.05, 4.69) is 39.6 Å². The van der Waals surface area contributed by atoms with Crippen molar-refractivity contribution in [1.29, 1.82) is 0 Å². The molecule has 0 bridgehead atoms. The summed E-state index contributed by atoms with van der Waals surface area (Å²) in [6.07, 6.45) is 5.02. The Morgan fingerprint density at radius 1 is 1.32 bits per heavy atom. The second-order valence-electron chi connectivity index (χ2n) is 5.13. The predicted molar refractivity (Wildman–Crippen MR) is 76.3 cm³/mol. The van der Waals surface area contributed by atoms with Gasteiger partial charge in [0.15, 0.2) is 0 Å². The highest BCUT2D eigenvalue weighted by Crippen LogP contribution is 2.15. The number of hydrogen-bond donors (Lipinski definition) is 1. The smallest absolute Gasteiger partial charge is 0.0645 e. The molecule has 19 heavy (non-hydrogen) atoms. The quantitative estimate of drug-likeness (QED) is 0.903. The van der Waals surface area contributed by atoms with E-state index in [1.54, 1.807) is 6.20 Å². The van der Waals surface area contributed by atoms with Crippen LogP contribution >= 0.6 is 0 Å². The highest BCUT2D eigenvalue weighted by atomic mass is 15.3. The molecule has 1 aliphatic rings. The summed E-state index contributed by atoms with van der Waals surface area (Å²) in [4.78, 5) is 2.50. The van der Waals surface area contributed by atoms with Crippen molar-refractivity contribution in [3.05, 3.63) is 48.3 Å². The van der Waals surface area contributed by atoms with E-state index in [4.69, 9.17) is 0 Å². The third-order valence-corrected chi connectivity index (χ3v) is 3.79. The van der Waals surface area contributed by atoms with Crippen LogP contribution in [0, 0.1) is 0 Å². The number of benzene rings is 1. The Bertz CT molecular complexity index is 503. The molecule has 4 nitrogen and oxygen atoms in total. The molecular weight excluding hydrogens is 236 g/mol. The van der Waals surface area contributed by atoms with E-state index < -0.39 is 0 Å². The minimum absolute atomic E-state index is 0.656. The lowest BCUT2D eigenvalue weighted by molar-refractivity contribution is 0.322. The fraction of sp³-hybridized carbons (Fsp3) is 0.400. The number of likely N-dealkylation sites (tertiary alicyclic amines) is 1. The van der Waals surface area contributed by atoms with Gasteiger partial charge in [0.05, 0.1) is 5.69 Å². The Balaban J connectivity index is 1.63. The minimum atomic E-state index is 0.656. The number of rotatable bonds is 4. The zero-order chi connectivity index (χ0) is 13.1. The summed E-state index contributed by atoms with van der Waals surface area (Å²) in [6, 6.07) is 11.3. The van der Waals surface area contributed by atoms with Crippen LogP contribution in [0.25, 0.3) is 5.69 Å². The first-order valence-corrected chi connectivity index (χ1v) is 6.84. The molecule has 0 radical (unpaired) electrons. The summed E-state index contributed by atoms with van der Waals surface area (Å²) in [5.41, 5.74) is 2.48. The van der Waals surface area contributed by atoms with Crippen molar-refractivity contribution in [3.63, 3.8) is 0 Å². The summed E-state index contributed by atoms with van der Waals surface area (Å²) in [6.45, 7) is 3.38. The van der Waals surface area contributed by atoms with Crippen molar-refractivity contribution in [3.8, 4) is 5.69 Å². The van der Waals surface area contributed by atoms with Crippen molar-refractivity contribution in [2.45, 2.75) is 19.0 Å². The Labute approximate surface area is 114 Å². The van der Waals surface area contributed by atoms with Crippen molar-refractivity contribution >= 4 is 0 Å². The standard InChI is InChI=1S/C15H20N4/c1-16-14-7-10-18(12-14)11-13-3-5-15(6-4-13)19-9-2-8-17-19/h2-6,8-9,14,16H,7,10-12H2,1H3. The number of hydrogen-bond acceptors (Lipinski definition) is 3. The van der Waals surface area contributed by atoms with Crippen LogP contribution in [-0.2, 0) is 6.54 Å². The number of nitrogens with zero attached hydrogens (tertiary/aromatic N) is 3. The third kappa shape index (κ3) is 2.85. The van der Waals surface area contributed by atoms with Crippen LogP contribution in [0.1, 0.15) is 12.0 Å². The van der Waals surface area contributed by atoms with Crippen molar-refractivity contribution < 1.29 is 0 Å². The molecule has 2 heterocycles. The van der Waals surface area contributed by atoms with E-state index in [1.807, 2.05) is 24.0 Å². The van der Waals surface area contributed by atoms with E-state index in [0.717, 1.165) is 18.8 Å². The third-order valence-electron chi connectivity index (χ3n) is 3.79. The zero-order valence-corrected chi connectivity index (χ0v) is 11.3. The van der Waals surface area contributed by atoms with Crippen LogP contribution in [0.15, 0.2) is 42.7 Å². The topological polar surface area (TPSA) is 33.1 Å². The maximum atomic E-state index is 4.24. The normalized spacial score (nSPS) is 19.9. The lowest BCUT2D eigenvalue weighted by atomic mass is 10.2. The Morgan fingerprint density at radius 3 is 2.79 bits per heavy atom. The Kier molecular flexibility index (Phi) is 3.62. The van der Waals surface area contributed by atoms with Gasteiger partial charge in [-0.1, -0.05) is 12.1 Å². The molecule has 1 atom stereocenters. The molecule has 100 valence electrons. The lowest BCUT2D eigenvalue weighted by Gasteiger charge is -2.16. The SMILES string of the molecule is CNC1CCN(Cc2ccc(-n3cccn3)cc2)C1. The molecule has 1 aromatic heterocycles. The molecule has 0 aliphatic carbocycles. The van der Waals surface area contributed by atoms with Crippen LogP contribution in [0.5, 0.6) is 0 Å². The van der Waals surface area contributed by atoms with Gasteiger partial charge in [-0.15, -0.1) is 0 Å². The maximum Gasteiger partial charge on any atom is 0.0645 e. The molecule has 1 N–H and O–H groups in total. The van der Waals surface area contributed by atoms with Crippen molar-refractivity contribution in [2.24, 2.45) is 0 Å². The highest BCUT2D eigenvalue weighted by molar-refractivity contribution is 5.33. The van der Waals surface area contributed by atoms with E-state index in [0.29, 0.717) is 6.04 Å². The van der Waals surface area contributed by atoms with Gasteiger partial charge in [-0.05, 0) is 37.2 Å². The summed E-state index contributed by atoms with van der Waals surface area (Å²) < 4.78 is 1.89. The van der Waals surface area contributed by atoms with Gasteiger partial charge >= 0.3 is 0 Å². The van der Waals surface area contributed by atoms with E-state index >= 15 is 0 Å². The Hall–Kier alpha value is -1.65. The van der Waals surface area contributed by atoms with Gasteiger partial charge in [-0.2, -0.15) is 5.10 Å². The van der Waals surface area contributed by atoms with Crippen LogP contribution in [0.3, 0.4) is 0 Å². The predicted octanol–water partition coefficient (Wildman–Crippen LogP) is 1.67. The van der Waals surface area contributed by atoms with E-state index in [1.165, 1.54) is 18.5 Å². The number of likely N-dealkylation sites (N-methyl/N-ethyl adjacent to an activating group) is 1. The molecule has 1 aliphatic heterocycles. The van der Waals surface area contributed by atoms with Gasteiger partial charge in [0, 0.05) is 38.1 Å². The number of aromatic nitrogens is 2. The average Bonchev–Trinajstić information content (AvgIpc) is 3.10.